The summed E-state index contributed by atoms with van der Waals surface area (Å²) in [6.07, 6.45) is 5.26. The van der Waals surface area contributed by atoms with Crippen LogP contribution in [0.3, 0.4) is 0 Å². The minimum atomic E-state index is -0.460. The van der Waals surface area contributed by atoms with Gasteiger partial charge in [-0.2, -0.15) is 10.4 Å². The van der Waals surface area contributed by atoms with Gasteiger partial charge in [0, 0.05) is 30.6 Å². The van der Waals surface area contributed by atoms with Gasteiger partial charge in [0.1, 0.15) is 22.9 Å². The zero-order chi connectivity index (χ0) is 19.0. The molecule has 2 N–H and O–H groups in total. The Bertz CT molecular complexity index is 1210. The van der Waals surface area contributed by atoms with Gasteiger partial charge in [-0.05, 0) is 30.3 Å². The molecular weight excluding hydrogens is 344 g/mol. The maximum Gasteiger partial charge on any atom is 0.257 e. The summed E-state index contributed by atoms with van der Waals surface area (Å²) < 4.78 is 3.41. The molecule has 0 unspecified atom stereocenters. The molecule has 0 fully saturated rings. The smallest absolute Gasteiger partial charge is 0.257 e. The van der Waals surface area contributed by atoms with Crippen LogP contribution in [0, 0.1) is 11.3 Å². The molecule has 0 spiro atoms. The van der Waals surface area contributed by atoms with E-state index in [1.54, 1.807) is 34.7 Å². The topological polar surface area (TPSA) is 108 Å². The maximum atomic E-state index is 12.8. The lowest BCUT2D eigenvalue weighted by Gasteiger charge is -2.08. The van der Waals surface area contributed by atoms with E-state index < -0.39 is 5.91 Å². The van der Waals surface area contributed by atoms with Crippen molar-refractivity contribution in [3.63, 3.8) is 0 Å². The summed E-state index contributed by atoms with van der Waals surface area (Å²) in [5.41, 5.74) is 2.37. The van der Waals surface area contributed by atoms with Crippen molar-refractivity contribution < 1.29 is 9.90 Å². The molecule has 0 saturated heterocycles. The van der Waals surface area contributed by atoms with Gasteiger partial charge in [-0.25, -0.2) is 4.98 Å². The molecule has 1 amide bonds. The number of nitriles is 1. The quantitative estimate of drug-likeness (QED) is 0.585. The van der Waals surface area contributed by atoms with Crippen molar-refractivity contribution in [1.82, 2.24) is 19.2 Å². The number of rotatable bonds is 3. The molecule has 1 aromatic carbocycles. The number of benzene rings is 1. The van der Waals surface area contributed by atoms with Crippen LogP contribution in [0.1, 0.15) is 15.9 Å². The number of imidazole rings is 1. The summed E-state index contributed by atoms with van der Waals surface area (Å²) in [5.74, 6) is -0.131. The van der Waals surface area contributed by atoms with E-state index in [1.165, 1.54) is 18.2 Å². The van der Waals surface area contributed by atoms with Crippen LogP contribution in [0.5, 0.6) is 5.75 Å². The molecule has 0 radical (unpaired) electrons. The number of aryl methyl sites for hydroxylation is 1. The average molecular weight is 358 g/mol. The molecule has 4 rings (SSSR count). The highest BCUT2D eigenvalue weighted by molar-refractivity contribution is 6.06. The van der Waals surface area contributed by atoms with Crippen molar-refractivity contribution in [2.75, 3.05) is 5.32 Å². The first kappa shape index (κ1) is 16.4. The molecule has 8 heteroatoms. The number of phenols is 1. The maximum absolute atomic E-state index is 12.8. The fraction of sp³-hybridized carbons (Fsp3) is 0.0526. The number of amides is 1. The molecule has 0 saturated carbocycles. The Morgan fingerprint density at radius 1 is 1.30 bits per heavy atom. The molecule has 132 valence electrons. The van der Waals surface area contributed by atoms with E-state index >= 15 is 0 Å². The standard InChI is InChI=1S/C19H14N6O2/c1-24-11-14(10-21-24)17-18(25-5-3-2-4-16(25)22-17)23-19(27)13-6-12(9-20)7-15(26)8-13/h2-8,10-11,26H,1H3,(H,23,27). The van der Waals surface area contributed by atoms with E-state index in [2.05, 4.69) is 15.4 Å². The van der Waals surface area contributed by atoms with E-state index in [-0.39, 0.29) is 16.9 Å². The summed E-state index contributed by atoms with van der Waals surface area (Å²) in [5, 5.41) is 25.8. The van der Waals surface area contributed by atoms with Gasteiger partial charge in [0.15, 0.2) is 0 Å². The first-order valence-corrected chi connectivity index (χ1v) is 8.07. The van der Waals surface area contributed by atoms with Crippen molar-refractivity contribution in [2.45, 2.75) is 0 Å². The zero-order valence-electron chi connectivity index (χ0n) is 14.3. The lowest BCUT2D eigenvalue weighted by molar-refractivity contribution is 0.102. The monoisotopic (exact) mass is 358 g/mol. The van der Waals surface area contributed by atoms with Crippen LogP contribution in [-0.2, 0) is 7.05 Å². The molecule has 3 heterocycles. The van der Waals surface area contributed by atoms with Crippen LogP contribution in [0.15, 0.2) is 55.0 Å². The molecule has 0 aliphatic rings. The summed E-state index contributed by atoms with van der Waals surface area (Å²) in [6.45, 7) is 0. The van der Waals surface area contributed by atoms with Gasteiger partial charge < -0.3 is 10.4 Å². The Morgan fingerprint density at radius 3 is 2.89 bits per heavy atom. The Labute approximate surface area is 153 Å². The normalized spacial score (nSPS) is 10.7. The molecule has 4 aromatic rings. The zero-order valence-corrected chi connectivity index (χ0v) is 14.3. The van der Waals surface area contributed by atoms with Crippen molar-refractivity contribution in [2.24, 2.45) is 7.05 Å². The van der Waals surface area contributed by atoms with Crippen LogP contribution in [0.25, 0.3) is 16.9 Å². The fourth-order valence-corrected chi connectivity index (χ4v) is 2.85. The van der Waals surface area contributed by atoms with Crippen LogP contribution < -0.4 is 5.32 Å². The third-order valence-electron chi connectivity index (χ3n) is 4.05. The number of anilines is 1. The molecular formula is C19H14N6O2. The number of hydrogen-bond donors (Lipinski definition) is 2. The Hall–Kier alpha value is -4.12. The number of nitrogens with one attached hydrogen (secondary N) is 1. The van der Waals surface area contributed by atoms with E-state index in [0.717, 1.165) is 5.56 Å². The second-order valence-electron chi connectivity index (χ2n) is 5.98. The second-order valence-corrected chi connectivity index (χ2v) is 5.98. The number of hydrogen-bond acceptors (Lipinski definition) is 5. The van der Waals surface area contributed by atoms with Gasteiger partial charge in [-0.1, -0.05) is 6.07 Å². The van der Waals surface area contributed by atoms with Gasteiger partial charge in [-0.3, -0.25) is 13.9 Å². The van der Waals surface area contributed by atoms with Crippen molar-refractivity contribution in [3.8, 4) is 23.1 Å². The summed E-state index contributed by atoms with van der Waals surface area (Å²) >= 11 is 0. The highest BCUT2D eigenvalue weighted by atomic mass is 16.3. The molecule has 0 aliphatic heterocycles. The number of aromatic hydroxyl groups is 1. The minimum Gasteiger partial charge on any atom is -0.508 e. The third-order valence-corrected chi connectivity index (χ3v) is 4.05. The van der Waals surface area contributed by atoms with Gasteiger partial charge in [0.05, 0.1) is 17.8 Å². The van der Waals surface area contributed by atoms with Crippen LogP contribution >= 0.6 is 0 Å². The molecule has 0 atom stereocenters. The first-order chi connectivity index (χ1) is 13.0. The van der Waals surface area contributed by atoms with E-state index in [9.17, 15) is 9.90 Å². The minimum absolute atomic E-state index is 0.148. The fourth-order valence-electron chi connectivity index (χ4n) is 2.85. The van der Waals surface area contributed by atoms with Crippen LogP contribution in [-0.4, -0.2) is 30.2 Å². The Balaban J connectivity index is 1.80. The molecule has 0 aliphatic carbocycles. The average Bonchev–Trinajstić information content (AvgIpc) is 3.25. The largest absolute Gasteiger partial charge is 0.508 e. The number of carbonyl (C=O) groups is 1. The van der Waals surface area contributed by atoms with Gasteiger partial charge in [0.2, 0.25) is 0 Å². The third kappa shape index (κ3) is 2.98. The lowest BCUT2D eigenvalue weighted by Crippen LogP contribution is -2.14. The number of phenolic OH excluding ortho intramolecular Hbond substituents is 1. The summed E-state index contributed by atoms with van der Waals surface area (Å²) in [4.78, 5) is 17.4. The molecule has 3 aromatic heterocycles. The van der Waals surface area contributed by atoms with Crippen molar-refractivity contribution >= 4 is 17.4 Å². The van der Waals surface area contributed by atoms with E-state index in [0.29, 0.717) is 17.2 Å². The van der Waals surface area contributed by atoms with Gasteiger partial charge in [-0.15, -0.1) is 0 Å². The number of nitrogens with zero attached hydrogens (tertiary/aromatic N) is 5. The summed E-state index contributed by atoms with van der Waals surface area (Å²) in [6, 6.07) is 11.5. The number of fused-ring (bicyclic) bond motifs is 1. The first-order valence-electron chi connectivity index (χ1n) is 8.07. The van der Waals surface area contributed by atoms with Gasteiger partial charge in [0.25, 0.3) is 5.91 Å². The Morgan fingerprint density at radius 2 is 2.15 bits per heavy atom. The predicted molar refractivity (Wildman–Crippen MR) is 98.2 cm³/mol. The number of pyridine rings is 1. The van der Waals surface area contributed by atoms with Crippen LogP contribution in [0.2, 0.25) is 0 Å². The molecule has 0 bridgehead atoms. The molecule has 27 heavy (non-hydrogen) atoms. The SMILES string of the molecule is Cn1cc(-c2nc3ccccn3c2NC(=O)c2cc(O)cc(C#N)c2)cn1. The highest BCUT2D eigenvalue weighted by Crippen LogP contribution is 2.29. The lowest BCUT2D eigenvalue weighted by atomic mass is 10.1. The van der Waals surface area contributed by atoms with E-state index in [4.69, 9.17) is 5.26 Å². The van der Waals surface area contributed by atoms with Crippen molar-refractivity contribution in [3.05, 3.63) is 66.1 Å². The Kier molecular flexibility index (Phi) is 3.82. The highest BCUT2D eigenvalue weighted by Gasteiger charge is 2.18. The number of carbonyl (C=O) groups excluding carboxylic acids is 1. The number of aromatic nitrogens is 4. The van der Waals surface area contributed by atoms with Crippen molar-refractivity contribution in [1.29, 1.82) is 5.26 Å². The summed E-state index contributed by atoms with van der Waals surface area (Å²) in [7, 11) is 1.80. The van der Waals surface area contributed by atoms with Gasteiger partial charge >= 0.3 is 0 Å². The van der Waals surface area contributed by atoms with E-state index in [1.807, 2.05) is 24.3 Å². The second kappa shape index (κ2) is 6.31. The molecule has 8 nitrogen and oxygen atoms in total. The predicted octanol–water partition coefficient (Wildman–Crippen LogP) is 2.56. The van der Waals surface area contributed by atoms with Crippen LogP contribution in [0.4, 0.5) is 5.82 Å².